The second-order valence-electron chi connectivity index (χ2n) is 6.04. The molecule has 1 saturated carbocycles. The standard InChI is InChI=1S/C16H24FN3O2/c17-12-7-4-8-13(10-12)20(19)16(22)15(21)14(18)9-11-5-2-1-3-6-11/h4,7-8,10-11,14-15,21H,1-3,5-6,9,18-19H2/t14-,15?/m1/s1. The lowest BCUT2D eigenvalue weighted by Crippen LogP contribution is -2.51. The van der Waals surface area contributed by atoms with Crippen molar-refractivity contribution in [1.82, 2.24) is 0 Å². The monoisotopic (exact) mass is 309 g/mol. The third kappa shape index (κ3) is 4.25. The lowest BCUT2D eigenvalue weighted by Gasteiger charge is -2.28. The van der Waals surface area contributed by atoms with E-state index in [0.717, 1.165) is 23.9 Å². The number of benzene rings is 1. The Morgan fingerprint density at radius 3 is 2.68 bits per heavy atom. The zero-order valence-corrected chi connectivity index (χ0v) is 12.6. The molecule has 122 valence electrons. The molecule has 0 saturated heterocycles. The molecular formula is C16H24FN3O2. The molecule has 0 aromatic heterocycles. The quantitative estimate of drug-likeness (QED) is 0.438. The predicted octanol–water partition coefficient (Wildman–Crippen LogP) is 1.69. The van der Waals surface area contributed by atoms with Gasteiger partial charge in [0.15, 0.2) is 0 Å². The molecule has 2 rings (SSSR count). The first-order chi connectivity index (χ1) is 10.5. The highest BCUT2D eigenvalue weighted by Gasteiger charge is 2.29. The number of carbonyl (C=O) groups excluding carboxylic acids is 1. The predicted molar refractivity (Wildman–Crippen MR) is 83.2 cm³/mol. The number of hydrogen-bond donors (Lipinski definition) is 3. The van der Waals surface area contributed by atoms with Gasteiger partial charge in [0.1, 0.15) is 11.9 Å². The highest BCUT2D eigenvalue weighted by molar-refractivity contribution is 5.95. The summed E-state index contributed by atoms with van der Waals surface area (Å²) in [6, 6.07) is 4.69. The van der Waals surface area contributed by atoms with Gasteiger partial charge in [0.2, 0.25) is 0 Å². The minimum atomic E-state index is -1.38. The van der Waals surface area contributed by atoms with Crippen LogP contribution >= 0.6 is 0 Å². The van der Waals surface area contributed by atoms with Crippen molar-refractivity contribution < 1.29 is 14.3 Å². The van der Waals surface area contributed by atoms with Crippen molar-refractivity contribution in [3.63, 3.8) is 0 Å². The van der Waals surface area contributed by atoms with Crippen LogP contribution in [0.5, 0.6) is 0 Å². The Bertz CT molecular complexity index is 506. The molecule has 1 aliphatic rings. The van der Waals surface area contributed by atoms with E-state index < -0.39 is 23.9 Å². The second kappa shape index (κ2) is 7.67. The molecule has 0 radical (unpaired) electrons. The van der Waals surface area contributed by atoms with Crippen LogP contribution in [0, 0.1) is 11.7 Å². The van der Waals surface area contributed by atoms with E-state index in [9.17, 15) is 14.3 Å². The molecule has 1 aromatic rings. The van der Waals surface area contributed by atoms with Crippen molar-refractivity contribution in [1.29, 1.82) is 0 Å². The minimum absolute atomic E-state index is 0.189. The number of carbonyl (C=O) groups is 1. The summed E-state index contributed by atoms with van der Waals surface area (Å²) in [4.78, 5) is 12.2. The zero-order chi connectivity index (χ0) is 16.1. The van der Waals surface area contributed by atoms with Crippen LogP contribution in [-0.2, 0) is 4.79 Å². The summed E-state index contributed by atoms with van der Waals surface area (Å²) in [6.07, 6.45) is 4.99. The number of halogens is 1. The number of amides is 1. The highest BCUT2D eigenvalue weighted by Crippen LogP contribution is 2.27. The van der Waals surface area contributed by atoms with Gasteiger partial charge in [-0.15, -0.1) is 0 Å². The number of hydrogen-bond acceptors (Lipinski definition) is 4. The fourth-order valence-corrected chi connectivity index (χ4v) is 3.02. The van der Waals surface area contributed by atoms with Gasteiger partial charge in [0, 0.05) is 6.04 Å². The maximum atomic E-state index is 13.2. The minimum Gasteiger partial charge on any atom is -0.382 e. The number of rotatable bonds is 5. The zero-order valence-electron chi connectivity index (χ0n) is 12.6. The Balaban J connectivity index is 1.95. The van der Waals surface area contributed by atoms with E-state index in [1.54, 1.807) is 0 Å². The van der Waals surface area contributed by atoms with Gasteiger partial charge in [-0.2, -0.15) is 0 Å². The van der Waals surface area contributed by atoms with Gasteiger partial charge in [-0.3, -0.25) is 4.79 Å². The summed E-state index contributed by atoms with van der Waals surface area (Å²) in [5, 5.41) is 10.9. The van der Waals surface area contributed by atoms with E-state index in [1.807, 2.05) is 0 Å². The average molecular weight is 309 g/mol. The number of aliphatic hydroxyl groups excluding tert-OH is 1. The van der Waals surface area contributed by atoms with Gasteiger partial charge in [-0.05, 0) is 30.5 Å². The van der Waals surface area contributed by atoms with Gasteiger partial charge >= 0.3 is 0 Å². The Morgan fingerprint density at radius 2 is 2.05 bits per heavy atom. The number of nitrogens with zero attached hydrogens (tertiary/aromatic N) is 1. The van der Waals surface area contributed by atoms with Gasteiger partial charge in [-0.25, -0.2) is 15.2 Å². The fraction of sp³-hybridized carbons (Fsp3) is 0.562. The van der Waals surface area contributed by atoms with Crippen LogP contribution in [0.15, 0.2) is 24.3 Å². The van der Waals surface area contributed by atoms with Crippen molar-refractivity contribution >= 4 is 11.6 Å². The summed E-state index contributed by atoms with van der Waals surface area (Å²) < 4.78 is 13.2. The average Bonchev–Trinajstić information content (AvgIpc) is 2.53. The normalized spacial score (nSPS) is 18.7. The van der Waals surface area contributed by atoms with Gasteiger partial charge < -0.3 is 10.8 Å². The second-order valence-corrected chi connectivity index (χ2v) is 6.04. The van der Waals surface area contributed by atoms with E-state index in [2.05, 4.69) is 0 Å². The summed E-state index contributed by atoms with van der Waals surface area (Å²) in [5.74, 6) is 4.92. The molecule has 1 aliphatic carbocycles. The van der Waals surface area contributed by atoms with Gasteiger partial charge in [0.05, 0.1) is 5.69 Å². The van der Waals surface area contributed by atoms with E-state index in [1.165, 1.54) is 37.5 Å². The largest absolute Gasteiger partial charge is 0.382 e. The van der Waals surface area contributed by atoms with Crippen molar-refractivity contribution in [2.75, 3.05) is 5.01 Å². The molecule has 5 nitrogen and oxygen atoms in total. The van der Waals surface area contributed by atoms with Crippen LogP contribution in [0.4, 0.5) is 10.1 Å². The first-order valence-electron chi connectivity index (χ1n) is 7.77. The molecule has 0 spiro atoms. The lowest BCUT2D eigenvalue weighted by atomic mass is 9.84. The van der Waals surface area contributed by atoms with E-state index in [4.69, 9.17) is 11.6 Å². The van der Waals surface area contributed by atoms with Crippen molar-refractivity contribution in [3.05, 3.63) is 30.1 Å². The molecule has 6 heteroatoms. The number of aliphatic hydroxyl groups is 1. The summed E-state index contributed by atoms with van der Waals surface area (Å²) in [5.41, 5.74) is 6.16. The molecule has 1 unspecified atom stereocenters. The first-order valence-corrected chi connectivity index (χ1v) is 7.77. The summed E-state index contributed by atoms with van der Waals surface area (Å²) in [7, 11) is 0. The Hall–Kier alpha value is -1.50. The third-order valence-electron chi connectivity index (χ3n) is 4.31. The maximum Gasteiger partial charge on any atom is 0.271 e. The molecule has 1 aromatic carbocycles. The van der Waals surface area contributed by atoms with Crippen LogP contribution in [0.1, 0.15) is 38.5 Å². The van der Waals surface area contributed by atoms with Gasteiger partial charge in [-0.1, -0.05) is 38.2 Å². The van der Waals surface area contributed by atoms with Crippen molar-refractivity contribution in [3.8, 4) is 0 Å². The van der Waals surface area contributed by atoms with Crippen LogP contribution in [-0.4, -0.2) is 23.2 Å². The number of hydrazine groups is 1. The smallest absolute Gasteiger partial charge is 0.271 e. The Labute approximate surface area is 130 Å². The van der Waals surface area contributed by atoms with Gasteiger partial charge in [0.25, 0.3) is 5.91 Å². The molecule has 0 bridgehead atoms. The van der Waals surface area contributed by atoms with E-state index in [-0.39, 0.29) is 5.69 Å². The molecular weight excluding hydrogens is 285 g/mol. The molecule has 0 aliphatic heterocycles. The van der Waals surface area contributed by atoms with Crippen LogP contribution in [0.25, 0.3) is 0 Å². The molecule has 5 N–H and O–H groups in total. The van der Waals surface area contributed by atoms with E-state index >= 15 is 0 Å². The Morgan fingerprint density at radius 1 is 1.36 bits per heavy atom. The van der Waals surface area contributed by atoms with Crippen molar-refractivity contribution in [2.24, 2.45) is 17.5 Å². The number of anilines is 1. The SMILES string of the molecule is N[C@H](CC1CCCCC1)C(O)C(=O)N(N)c1cccc(F)c1. The van der Waals surface area contributed by atoms with E-state index in [0.29, 0.717) is 12.3 Å². The summed E-state index contributed by atoms with van der Waals surface area (Å²) in [6.45, 7) is 0. The van der Waals surface area contributed by atoms with Crippen LogP contribution in [0.2, 0.25) is 0 Å². The molecule has 2 atom stereocenters. The van der Waals surface area contributed by atoms with Crippen LogP contribution < -0.4 is 16.6 Å². The highest BCUT2D eigenvalue weighted by atomic mass is 19.1. The summed E-state index contributed by atoms with van der Waals surface area (Å²) >= 11 is 0. The van der Waals surface area contributed by atoms with Crippen LogP contribution in [0.3, 0.4) is 0 Å². The first kappa shape index (κ1) is 16.9. The fourth-order valence-electron chi connectivity index (χ4n) is 3.02. The molecule has 0 heterocycles. The molecule has 22 heavy (non-hydrogen) atoms. The molecule has 1 amide bonds. The third-order valence-corrected chi connectivity index (χ3v) is 4.31. The maximum absolute atomic E-state index is 13.2. The number of nitrogens with two attached hydrogens (primary N) is 2. The van der Waals surface area contributed by atoms with Crippen molar-refractivity contribution in [2.45, 2.75) is 50.7 Å². The molecule has 1 fully saturated rings. The lowest BCUT2D eigenvalue weighted by molar-refractivity contribution is -0.127. The Kier molecular flexibility index (Phi) is 5.88. The topological polar surface area (TPSA) is 92.6 Å².